The fraction of sp³-hybridized carbons (Fsp3) is 0.818. The van der Waals surface area contributed by atoms with Crippen molar-refractivity contribution in [2.45, 2.75) is 44.3 Å². The molecule has 0 aromatic carbocycles. The van der Waals surface area contributed by atoms with E-state index in [1.54, 1.807) is 11.8 Å². The van der Waals surface area contributed by atoms with Crippen LogP contribution in [0.5, 0.6) is 0 Å². The molecular formula is C11H19N3OS. The molecular weight excluding hydrogens is 222 g/mol. The molecule has 0 radical (unpaired) electrons. The van der Waals surface area contributed by atoms with Crippen molar-refractivity contribution < 1.29 is 5.11 Å². The average molecular weight is 241 g/mol. The smallest absolute Gasteiger partial charge is 0.191 e. The van der Waals surface area contributed by atoms with Gasteiger partial charge in [-0.2, -0.15) is 0 Å². The van der Waals surface area contributed by atoms with E-state index in [9.17, 15) is 0 Å². The Morgan fingerprint density at radius 1 is 1.38 bits per heavy atom. The molecule has 0 bridgehead atoms. The van der Waals surface area contributed by atoms with Crippen LogP contribution >= 0.6 is 11.8 Å². The first kappa shape index (κ1) is 11.9. The van der Waals surface area contributed by atoms with Crippen molar-refractivity contribution in [2.75, 3.05) is 12.4 Å². The van der Waals surface area contributed by atoms with Crippen LogP contribution in [0.1, 0.15) is 32.0 Å². The van der Waals surface area contributed by atoms with E-state index < -0.39 is 0 Å². The highest BCUT2D eigenvalue weighted by Crippen LogP contribution is 2.23. The first-order valence-corrected chi connectivity index (χ1v) is 6.95. The van der Waals surface area contributed by atoms with Crippen molar-refractivity contribution in [3.8, 4) is 0 Å². The SMILES string of the molecule is CC(CO)CSc1nnc2n1CCCCC2. The largest absolute Gasteiger partial charge is 0.396 e. The molecule has 4 nitrogen and oxygen atoms in total. The van der Waals surface area contributed by atoms with Gasteiger partial charge in [0.1, 0.15) is 5.82 Å². The maximum atomic E-state index is 8.99. The van der Waals surface area contributed by atoms with E-state index >= 15 is 0 Å². The number of aliphatic hydroxyl groups is 1. The fourth-order valence-electron chi connectivity index (χ4n) is 1.83. The molecule has 0 saturated heterocycles. The molecule has 1 atom stereocenters. The molecule has 0 aliphatic carbocycles. The van der Waals surface area contributed by atoms with Crippen molar-refractivity contribution in [2.24, 2.45) is 5.92 Å². The van der Waals surface area contributed by atoms with Gasteiger partial charge in [0.25, 0.3) is 0 Å². The first-order valence-electron chi connectivity index (χ1n) is 5.97. The van der Waals surface area contributed by atoms with Crippen LogP contribution in [0.3, 0.4) is 0 Å². The highest BCUT2D eigenvalue weighted by atomic mass is 32.2. The lowest BCUT2D eigenvalue weighted by Gasteiger charge is -2.08. The van der Waals surface area contributed by atoms with E-state index in [-0.39, 0.29) is 6.61 Å². The number of aryl methyl sites for hydroxylation is 1. The second kappa shape index (κ2) is 5.68. The van der Waals surface area contributed by atoms with Crippen molar-refractivity contribution in [3.05, 3.63) is 5.82 Å². The minimum absolute atomic E-state index is 0.244. The topological polar surface area (TPSA) is 50.9 Å². The predicted molar refractivity (Wildman–Crippen MR) is 64.6 cm³/mol. The number of aromatic nitrogens is 3. The number of aliphatic hydroxyl groups excluding tert-OH is 1. The van der Waals surface area contributed by atoms with Crippen LogP contribution in [0.2, 0.25) is 0 Å². The summed E-state index contributed by atoms with van der Waals surface area (Å²) in [5, 5.41) is 18.5. The molecule has 1 aliphatic rings. The van der Waals surface area contributed by atoms with E-state index in [2.05, 4.69) is 14.8 Å². The average Bonchev–Trinajstić information content (AvgIpc) is 2.54. The lowest BCUT2D eigenvalue weighted by atomic mass is 10.2. The number of fused-ring (bicyclic) bond motifs is 1. The third-order valence-corrected chi connectivity index (χ3v) is 4.18. The zero-order valence-corrected chi connectivity index (χ0v) is 10.5. The summed E-state index contributed by atoms with van der Waals surface area (Å²) in [6.07, 6.45) is 4.81. The Hall–Kier alpha value is -0.550. The van der Waals surface area contributed by atoms with Crippen LogP contribution in [0.4, 0.5) is 0 Å². The van der Waals surface area contributed by atoms with Crippen LogP contribution < -0.4 is 0 Å². The quantitative estimate of drug-likeness (QED) is 0.816. The van der Waals surface area contributed by atoms with Gasteiger partial charge in [-0.05, 0) is 18.8 Å². The predicted octanol–water partition coefficient (Wildman–Crippen LogP) is 1.73. The van der Waals surface area contributed by atoms with Crippen LogP contribution in [0.15, 0.2) is 5.16 Å². The molecule has 1 aromatic rings. The van der Waals surface area contributed by atoms with Crippen LogP contribution in [0, 0.1) is 5.92 Å². The highest BCUT2D eigenvalue weighted by molar-refractivity contribution is 7.99. The summed E-state index contributed by atoms with van der Waals surface area (Å²) < 4.78 is 2.25. The molecule has 0 spiro atoms. The van der Waals surface area contributed by atoms with Crippen molar-refractivity contribution >= 4 is 11.8 Å². The standard InChI is InChI=1S/C11H19N3OS/c1-9(7-15)8-16-11-13-12-10-5-3-2-4-6-14(10)11/h9,15H,2-8H2,1H3. The van der Waals surface area contributed by atoms with E-state index in [0.29, 0.717) is 5.92 Å². The summed E-state index contributed by atoms with van der Waals surface area (Å²) in [4.78, 5) is 0. The van der Waals surface area contributed by atoms with Gasteiger partial charge >= 0.3 is 0 Å². The monoisotopic (exact) mass is 241 g/mol. The molecule has 2 heterocycles. The molecule has 1 aliphatic heterocycles. The molecule has 16 heavy (non-hydrogen) atoms. The van der Waals surface area contributed by atoms with Crippen molar-refractivity contribution in [1.82, 2.24) is 14.8 Å². The molecule has 0 amide bonds. The van der Waals surface area contributed by atoms with Gasteiger partial charge in [-0.25, -0.2) is 0 Å². The minimum Gasteiger partial charge on any atom is -0.396 e. The van der Waals surface area contributed by atoms with E-state index in [0.717, 1.165) is 29.7 Å². The Morgan fingerprint density at radius 3 is 3.06 bits per heavy atom. The van der Waals surface area contributed by atoms with E-state index in [1.165, 1.54) is 19.3 Å². The van der Waals surface area contributed by atoms with Crippen molar-refractivity contribution in [3.63, 3.8) is 0 Å². The highest BCUT2D eigenvalue weighted by Gasteiger charge is 2.15. The zero-order valence-electron chi connectivity index (χ0n) is 9.72. The summed E-state index contributed by atoms with van der Waals surface area (Å²) in [7, 11) is 0. The van der Waals surface area contributed by atoms with Gasteiger partial charge in [0.15, 0.2) is 5.16 Å². The van der Waals surface area contributed by atoms with Crippen LogP contribution in [-0.4, -0.2) is 32.2 Å². The number of thioether (sulfide) groups is 1. The second-order valence-corrected chi connectivity index (χ2v) is 5.45. The third kappa shape index (κ3) is 2.77. The summed E-state index contributed by atoms with van der Waals surface area (Å²) in [5.74, 6) is 2.37. The fourth-order valence-corrected chi connectivity index (χ4v) is 2.82. The third-order valence-electron chi connectivity index (χ3n) is 2.88. The lowest BCUT2D eigenvalue weighted by molar-refractivity contribution is 0.250. The normalized spacial score (nSPS) is 17.9. The van der Waals surface area contributed by atoms with Gasteiger partial charge in [-0.1, -0.05) is 25.1 Å². The maximum Gasteiger partial charge on any atom is 0.191 e. The Morgan fingerprint density at radius 2 is 2.25 bits per heavy atom. The van der Waals surface area contributed by atoms with E-state index in [1.807, 2.05) is 6.92 Å². The Labute approximate surface area is 100 Å². The summed E-state index contributed by atoms with van der Waals surface area (Å²) in [6.45, 7) is 3.35. The number of nitrogens with zero attached hydrogens (tertiary/aromatic N) is 3. The van der Waals surface area contributed by atoms with Crippen LogP contribution in [0.25, 0.3) is 0 Å². The Balaban J connectivity index is 2.01. The van der Waals surface area contributed by atoms with Crippen molar-refractivity contribution in [1.29, 1.82) is 0 Å². The number of hydrogen-bond donors (Lipinski definition) is 1. The molecule has 2 rings (SSSR count). The molecule has 1 aromatic heterocycles. The maximum absolute atomic E-state index is 8.99. The minimum atomic E-state index is 0.244. The van der Waals surface area contributed by atoms with Gasteiger partial charge in [0.2, 0.25) is 0 Å². The van der Waals surface area contributed by atoms with E-state index in [4.69, 9.17) is 5.11 Å². The van der Waals surface area contributed by atoms with Crippen LogP contribution in [-0.2, 0) is 13.0 Å². The van der Waals surface area contributed by atoms with Gasteiger partial charge in [-0.3, -0.25) is 0 Å². The summed E-state index contributed by atoms with van der Waals surface area (Å²) in [5.41, 5.74) is 0. The second-order valence-electron chi connectivity index (χ2n) is 4.46. The molecule has 90 valence electrons. The zero-order chi connectivity index (χ0) is 11.4. The van der Waals surface area contributed by atoms with Gasteiger partial charge in [0, 0.05) is 25.3 Å². The summed E-state index contributed by atoms with van der Waals surface area (Å²) >= 11 is 1.71. The van der Waals surface area contributed by atoms with Gasteiger partial charge in [0.05, 0.1) is 0 Å². The van der Waals surface area contributed by atoms with Gasteiger partial charge in [-0.15, -0.1) is 10.2 Å². The molecule has 5 heteroatoms. The molecule has 1 unspecified atom stereocenters. The summed E-state index contributed by atoms with van der Waals surface area (Å²) in [6, 6.07) is 0. The Kier molecular flexibility index (Phi) is 4.23. The lowest BCUT2D eigenvalue weighted by Crippen LogP contribution is -2.06. The molecule has 0 saturated carbocycles. The number of hydrogen-bond acceptors (Lipinski definition) is 4. The molecule has 1 N–H and O–H groups in total. The molecule has 0 fully saturated rings. The first-order chi connectivity index (χ1) is 7.81. The number of rotatable bonds is 4. The Bertz CT molecular complexity index is 340. The van der Waals surface area contributed by atoms with Gasteiger partial charge < -0.3 is 9.67 Å².